The van der Waals surface area contributed by atoms with Gasteiger partial charge < -0.3 is 15.3 Å². The fourth-order valence-corrected chi connectivity index (χ4v) is 1.84. The van der Waals surface area contributed by atoms with Gasteiger partial charge in [0.15, 0.2) is 6.29 Å². The molecule has 4 nitrogen and oxygen atoms in total. The molecule has 1 aromatic carbocycles. The summed E-state index contributed by atoms with van der Waals surface area (Å²) in [5, 5.41) is 29.1. The Balaban J connectivity index is 3.22. The van der Waals surface area contributed by atoms with Crippen molar-refractivity contribution in [3.63, 3.8) is 0 Å². The summed E-state index contributed by atoms with van der Waals surface area (Å²) in [6.45, 7) is 0. The second kappa shape index (κ2) is 5.63. The third-order valence-corrected chi connectivity index (χ3v) is 2.98. The van der Waals surface area contributed by atoms with Crippen LogP contribution in [-0.4, -0.2) is 33.0 Å². The molecule has 0 aliphatic carbocycles. The van der Waals surface area contributed by atoms with Gasteiger partial charge in [-0.3, -0.25) is 4.79 Å². The van der Waals surface area contributed by atoms with Crippen molar-refractivity contribution in [2.24, 2.45) is 0 Å². The first-order chi connectivity index (χ1) is 7.51. The highest BCUT2D eigenvalue weighted by molar-refractivity contribution is 9.09. The molecule has 16 heavy (non-hydrogen) atoms. The van der Waals surface area contributed by atoms with Crippen LogP contribution in [0.3, 0.4) is 0 Å². The minimum Gasteiger partial charge on any atom is -0.507 e. The van der Waals surface area contributed by atoms with Gasteiger partial charge in [-0.15, -0.1) is 0 Å². The van der Waals surface area contributed by atoms with Crippen LogP contribution in [0.15, 0.2) is 12.1 Å². The predicted octanol–water partition coefficient (Wildman–Crippen LogP) is 1.65. The summed E-state index contributed by atoms with van der Waals surface area (Å²) in [7, 11) is 0. The van der Waals surface area contributed by atoms with E-state index in [1.54, 1.807) is 0 Å². The number of carbonyl (C=O) groups is 1. The summed E-state index contributed by atoms with van der Waals surface area (Å²) in [5.74, 6) is -0.369. The Labute approximate surface area is 106 Å². The number of aliphatic hydroxyl groups excluding tert-OH is 2. The molecule has 0 aliphatic rings. The topological polar surface area (TPSA) is 77.8 Å². The number of hydrogen-bond acceptors (Lipinski definition) is 4. The van der Waals surface area contributed by atoms with E-state index in [0.29, 0.717) is 6.29 Å². The van der Waals surface area contributed by atoms with E-state index >= 15 is 0 Å². The van der Waals surface area contributed by atoms with Crippen molar-refractivity contribution < 1.29 is 20.1 Å². The maximum absolute atomic E-state index is 10.6. The molecule has 2 atom stereocenters. The Morgan fingerprint density at radius 3 is 2.56 bits per heavy atom. The highest BCUT2D eigenvalue weighted by Crippen LogP contribution is 2.32. The number of phenols is 1. The van der Waals surface area contributed by atoms with Crippen LogP contribution in [0.4, 0.5) is 0 Å². The van der Waals surface area contributed by atoms with Gasteiger partial charge in [0.1, 0.15) is 11.9 Å². The number of phenolic OH excluding ortho intramolecular Hbond substituents is 1. The van der Waals surface area contributed by atoms with Crippen LogP contribution in [0.25, 0.3) is 0 Å². The molecule has 1 rings (SSSR count). The second-order valence-corrected chi connectivity index (χ2v) is 4.30. The van der Waals surface area contributed by atoms with Crippen molar-refractivity contribution in [3.05, 3.63) is 28.3 Å². The van der Waals surface area contributed by atoms with E-state index < -0.39 is 12.2 Å². The predicted molar refractivity (Wildman–Crippen MR) is 63.3 cm³/mol. The van der Waals surface area contributed by atoms with E-state index in [2.05, 4.69) is 15.9 Å². The summed E-state index contributed by atoms with van der Waals surface area (Å²) < 4.78 is 0. The molecule has 3 N–H and O–H groups in total. The van der Waals surface area contributed by atoms with Crippen molar-refractivity contribution in [3.8, 4) is 5.75 Å². The lowest BCUT2D eigenvalue weighted by Crippen LogP contribution is -2.19. The first-order valence-electron chi connectivity index (χ1n) is 4.41. The van der Waals surface area contributed by atoms with Gasteiger partial charge >= 0.3 is 0 Å². The zero-order valence-corrected chi connectivity index (χ0v) is 10.4. The normalized spacial score (nSPS) is 14.5. The summed E-state index contributed by atoms with van der Waals surface area (Å²) in [6.07, 6.45) is -1.97. The van der Waals surface area contributed by atoms with Crippen molar-refractivity contribution >= 4 is 33.8 Å². The van der Waals surface area contributed by atoms with E-state index in [4.69, 9.17) is 11.6 Å². The van der Waals surface area contributed by atoms with Gasteiger partial charge in [-0.05, 0) is 12.1 Å². The first-order valence-corrected chi connectivity index (χ1v) is 5.91. The Kier molecular flexibility index (Phi) is 4.73. The lowest BCUT2D eigenvalue weighted by molar-refractivity contribution is 0.0327. The molecule has 0 radical (unpaired) electrons. The molecule has 0 bridgehead atoms. The van der Waals surface area contributed by atoms with Crippen LogP contribution in [0.1, 0.15) is 22.0 Å². The molecule has 6 heteroatoms. The SMILES string of the molecule is O=Cc1cc(Cl)cc(C(O)C(O)CBr)c1O. The Hall–Kier alpha value is -0.620. The average Bonchev–Trinajstić information content (AvgIpc) is 2.29. The zero-order valence-electron chi connectivity index (χ0n) is 8.10. The number of rotatable bonds is 4. The molecule has 0 heterocycles. The van der Waals surface area contributed by atoms with Gasteiger partial charge in [-0.2, -0.15) is 0 Å². The molecule has 0 spiro atoms. The van der Waals surface area contributed by atoms with E-state index in [9.17, 15) is 20.1 Å². The summed E-state index contributed by atoms with van der Waals surface area (Å²) in [5.41, 5.74) is 0.00451. The van der Waals surface area contributed by atoms with Crippen LogP contribution in [0, 0.1) is 0 Å². The zero-order chi connectivity index (χ0) is 12.3. The van der Waals surface area contributed by atoms with E-state index in [1.165, 1.54) is 12.1 Å². The molecular formula is C10H10BrClO4. The Morgan fingerprint density at radius 2 is 2.06 bits per heavy atom. The molecule has 1 aromatic rings. The van der Waals surface area contributed by atoms with E-state index in [0.717, 1.165) is 0 Å². The average molecular weight is 310 g/mol. The number of halogens is 2. The number of aldehydes is 1. The Bertz CT molecular complexity index is 397. The van der Waals surface area contributed by atoms with Crippen molar-refractivity contribution in [2.45, 2.75) is 12.2 Å². The van der Waals surface area contributed by atoms with Gasteiger partial charge in [0, 0.05) is 15.9 Å². The molecule has 88 valence electrons. The van der Waals surface area contributed by atoms with Crippen molar-refractivity contribution in [1.29, 1.82) is 0 Å². The fourth-order valence-electron chi connectivity index (χ4n) is 1.25. The molecule has 0 saturated heterocycles. The number of carbonyl (C=O) groups excluding carboxylic acids is 1. The lowest BCUT2D eigenvalue weighted by atomic mass is 10.0. The summed E-state index contributed by atoms with van der Waals surface area (Å²) in [6, 6.07) is 2.58. The Morgan fingerprint density at radius 1 is 1.44 bits per heavy atom. The number of benzene rings is 1. The molecule has 0 amide bonds. The molecular weight excluding hydrogens is 299 g/mol. The molecule has 0 aromatic heterocycles. The highest BCUT2D eigenvalue weighted by atomic mass is 79.9. The number of aliphatic hydroxyl groups is 2. The van der Waals surface area contributed by atoms with Crippen molar-refractivity contribution in [1.82, 2.24) is 0 Å². The monoisotopic (exact) mass is 308 g/mol. The summed E-state index contributed by atoms with van der Waals surface area (Å²) in [4.78, 5) is 10.6. The van der Waals surface area contributed by atoms with Crippen LogP contribution in [0.5, 0.6) is 5.75 Å². The minimum absolute atomic E-state index is 0.0247. The van der Waals surface area contributed by atoms with Gasteiger partial charge in [-0.1, -0.05) is 27.5 Å². The van der Waals surface area contributed by atoms with Gasteiger partial charge in [-0.25, -0.2) is 0 Å². The maximum Gasteiger partial charge on any atom is 0.153 e. The third kappa shape index (κ3) is 2.74. The van der Waals surface area contributed by atoms with Crippen LogP contribution >= 0.6 is 27.5 Å². The molecule has 0 fully saturated rings. The van der Waals surface area contributed by atoms with Crippen molar-refractivity contribution in [2.75, 3.05) is 5.33 Å². The second-order valence-electron chi connectivity index (χ2n) is 3.22. The standard InChI is InChI=1S/C10H10BrClO4/c11-3-8(14)10(16)7-2-6(12)1-5(4-13)9(7)15/h1-2,4,8,10,14-16H,3H2. The molecule has 2 unspecified atom stereocenters. The van der Waals surface area contributed by atoms with E-state index in [-0.39, 0.29) is 27.2 Å². The fraction of sp³-hybridized carbons (Fsp3) is 0.300. The van der Waals surface area contributed by atoms with Gasteiger partial charge in [0.25, 0.3) is 0 Å². The molecule has 0 saturated carbocycles. The quantitative estimate of drug-likeness (QED) is 0.584. The maximum atomic E-state index is 10.6. The van der Waals surface area contributed by atoms with E-state index in [1.807, 2.05) is 0 Å². The summed E-state index contributed by atoms with van der Waals surface area (Å²) >= 11 is 8.72. The minimum atomic E-state index is -1.31. The largest absolute Gasteiger partial charge is 0.507 e. The number of hydrogen-bond donors (Lipinski definition) is 3. The van der Waals surface area contributed by atoms with Gasteiger partial charge in [0.2, 0.25) is 0 Å². The van der Waals surface area contributed by atoms with Crippen LogP contribution in [0.2, 0.25) is 5.02 Å². The van der Waals surface area contributed by atoms with Crippen LogP contribution < -0.4 is 0 Å². The number of alkyl halides is 1. The molecule has 0 aliphatic heterocycles. The lowest BCUT2D eigenvalue weighted by Gasteiger charge is -2.18. The van der Waals surface area contributed by atoms with Gasteiger partial charge in [0.05, 0.1) is 11.7 Å². The first kappa shape index (κ1) is 13.4. The van der Waals surface area contributed by atoms with Crippen LogP contribution in [-0.2, 0) is 0 Å². The smallest absolute Gasteiger partial charge is 0.153 e. The number of aromatic hydroxyl groups is 1. The highest BCUT2D eigenvalue weighted by Gasteiger charge is 2.22. The third-order valence-electron chi connectivity index (χ3n) is 2.10.